The Hall–Kier alpha value is -0.820. The summed E-state index contributed by atoms with van der Waals surface area (Å²) in [5.41, 5.74) is -1.30. The van der Waals surface area contributed by atoms with Gasteiger partial charge in [-0.1, -0.05) is 0 Å². The summed E-state index contributed by atoms with van der Waals surface area (Å²) in [6.07, 6.45) is -3.51. The molecule has 5 atom stereocenters. The van der Waals surface area contributed by atoms with Gasteiger partial charge in [0.15, 0.2) is 12.1 Å². The van der Waals surface area contributed by atoms with E-state index in [4.69, 9.17) is 14.5 Å². The van der Waals surface area contributed by atoms with E-state index in [1.54, 1.807) is 0 Å². The smallest absolute Gasteiger partial charge is 0.321 e. The van der Waals surface area contributed by atoms with Gasteiger partial charge in [0, 0.05) is 0 Å². The van der Waals surface area contributed by atoms with Gasteiger partial charge in [-0.25, -0.2) is 9.98 Å². The van der Waals surface area contributed by atoms with Crippen LogP contribution in [0.4, 0.5) is 0 Å². The van der Waals surface area contributed by atoms with Gasteiger partial charge in [-0.2, -0.15) is 0 Å². The number of aliphatic hydroxyl groups excluding tert-OH is 2. The van der Waals surface area contributed by atoms with Crippen molar-refractivity contribution in [1.29, 1.82) is 0 Å². The summed E-state index contributed by atoms with van der Waals surface area (Å²) in [5, 5.41) is 30.5. The van der Waals surface area contributed by atoms with Gasteiger partial charge in [0.2, 0.25) is 5.72 Å². The Bertz CT molecular complexity index is 663. The lowest BCUT2D eigenvalue weighted by Crippen LogP contribution is -2.50. The zero-order chi connectivity index (χ0) is 17.7. The van der Waals surface area contributed by atoms with Crippen molar-refractivity contribution in [2.75, 3.05) is 13.3 Å². The summed E-state index contributed by atoms with van der Waals surface area (Å²) in [4.78, 5) is 31.7. The van der Waals surface area contributed by atoms with Crippen LogP contribution in [0.15, 0.2) is 15.0 Å². The normalized spacial score (nSPS) is 39.0. The van der Waals surface area contributed by atoms with Crippen LogP contribution in [0.1, 0.15) is 6.92 Å². The van der Waals surface area contributed by atoms with E-state index in [1.165, 1.54) is 18.2 Å². The molecule has 3 aliphatic heterocycles. The van der Waals surface area contributed by atoms with Crippen LogP contribution in [0.2, 0.25) is 0 Å². The Kier molecular flexibility index (Phi) is 4.62. The first-order valence-electron chi connectivity index (χ1n) is 6.97. The first-order valence-corrected chi connectivity index (χ1v) is 9.60. The number of rotatable bonds is 4. The predicted octanol–water partition coefficient (Wildman–Crippen LogP) is -2.48. The molecular formula is C11H17N4O7PS. The SMILES string of the molecule is CC1(O)N=CN=C2C1=NCN2[C@@H]1O[C@H](COP(O)(O)=S)[C@@H](O)[C@H]1O. The highest BCUT2D eigenvalue weighted by Crippen LogP contribution is 2.38. The maximum Gasteiger partial charge on any atom is 0.321 e. The molecule has 0 radical (unpaired) electrons. The minimum Gasteiger partial charge on any atom is -0.387 e. The number of ether oxygens (including phenoxy) is 1. The second kappa shape index (κ2) is 6.16. The molecule has 1 fully saturated rings. The second-order valence-corrected chi connectivity index (χ2v) is 8.34. The van der Waals surface area contributed by atoms with E-state index in [0.717, 1.165) is 0 Å². The highest BCUT2D eigenvalue weighted by molar-refractivity contribution is 8.06. The van der Waals surface area contributed by atoms with Crippen molar-refractivity contribution in [3.63, 3.8) is 0 Å². The predicted molar refractivity (Wildman–Crippen MR) is 86.0 cm³/mol. The minimum atomic E-state index is -3.90. The molecule has 0 aromatic heterocycles. The standard InChI is InChI=1S/C11H17N4O7PS/c1-11(18)8-9(12-3-14-11)15(4-13-8)10-7(17)6(16)5(22-10)2-21-23(19,20)24/h3,5-7,10,16-18H,2,4H2,1H3,(H2,19,20,24)/t5-,6-,7-,10-,11?/m1/s1. The van der Waals surface area contributed by atoms with Crippen LogP contribution in [0, 0.1) is 0 Å². The lowest BCUT2D eigenvalue weighted by atomic mass is 10.1. The number of fused-ring (bicyclic) bond motifs is 1. The number of hydrogen-bond donors (Lipinski definition) is 5. The van der Waals surface area contributed by atoms with Crippen molar-refractivity contribution in [2.24, 2.45) is 15.0 Å². The Balaban J connectivity index is 1.74. The summed E-state index contributed by atoms with van der Waals surface area (Å²) in [6, 6.07) is 0. The Morgan fingerprint density at radius 3 is 2.83 bits per heavy atom. The molecule has 0 saturated carbocycles. The second-order valence-electron chi connectivity index (χ2n) is 5.67. The van der Waals surface area contributed by atoms with Gasteiger partial charge >= 0.3 is 6.72 Å². The number of aliphatic imine (C=N–C) groups is 3. The quantitative estimate of drug-likeness (QED) is 0.333. The molecule has 1 unspecified atom stereocenters. The summed E-state index contributed by atoms with van der Waals surface area (Å²) in [6.45, 7) is -2.80. The van der Waals surface area contributed by atoms with Crippen LogP contribution in [-0.4, -0.2) is 91.4 Å². The van der Waals surface area contributed by atoms with Crippen LogP contribution in [0.5, 0.6) is 0 Å². The molecule has 13 heteroatoms. The van der Waals surface area contributed by atoms with Gasteiger partial charge in [0.25, 0.3) is 0 Å². The summed E-state index contributed by atoms with van der Waals surface area (Å²) in [7, 11) is 0. The van der Waals surface area contributed by atoms with Gasteiger partial charge in [0.05, 0.1) is 6.61 Å². The van der Waals surface area contributed by atoms with Crippen molar-refractivity contribution >= 4 is 36.4 Å². The Morgan fingerprint density at radius 2 is 2.17 bits per heavy atom. The van der Waals surface area contributed by atoms with E-state index >= 15 is 0 Å². The summed E-state index contributed by atoms with van der Waals surface area (Å²) in [5.74, 6) is 0.280. The maximum atomic E-state index is 10.2. The first-order chi connectivity index (χ1) is 11.1. The lowest BCUT2D eigenvalue weighted by molar-refractivity contribution is -0.0670. The number of amidine groups is 1. The number of nitrogens with zero attached hydrogens (tertiary/aromatic N) is 4. The van der Waals surface area contributed by atoms with Crippen LogP contribution in [-0.2, 0) is 21.1 Å². The average Bonchev–Trinajstić information content (AvgIpc) is 3.00. The molecule has 0 aromatic carbocycles. The molecule has 3 rings (SSSR count). The molecule has 0 aromatic rings. The monoisotopic (exact) mass is 380 g/mol. The van der Waals surface area contributed by atoms with E-state index in [9.17, 15) is 15.3 Å². The van der Waals surface area contributed by atoms with E-state index in [2.05, 4.69) is 31.3 Å². The fourth-order valence-corrected chi connectivity index (χ4v) is 3.19. The maximum absolute atomic E-state index is 10.2. The molecule has 11 nitrogen and oxygen atoms in total. The zero-order valence-corrected chi connectivity index (χ0v) is 14.2. The Morgan fingerprint density at radius 1 is 1.46 bits per heavy atom. The van der Waals surface area contributed by atoms with Crippen molar-refractivity contribution in [3.05, 3.63) is 0 Å². The molecule has 0 bridgehead atoms. The van der Waals surface area contributed by atoms with Crippen LogP contribution >= 0.6 is 6.72 Å². The number of hydrogen-bond acceptors (Lipinski definition) is 10. The highest BCUT2D eigenvalue weighted by atomic mass is 32.5. The van der Waals surface area contributed by atoms with Gasteiger partial charge in [-0.05, 0) is 18.7 Å². The third-order valence-corrected chi connectivity index (χ3v) is 4.66. The lowest BCUT2D eigenvalue weighted by Gasteiger charge is -2.30. The van der Waals surface area contributed by atoms with E-state index in [1.807, 2.05) is 0 Å². The van der Waals surface area contributed by atoms with Crippen molar-refractivity contribution in [1.82, 2.24) is 4.90 Å². The van der Waals surface area contributed by atoms with Gasteiger partial charge in [0.1, 0.15) is 37.0 Å². The fraction of sp³-hybridized carbons (Fsp3) is 0.727. The molecule has 5 N–H and O–H groups in total. The van der Waals surface area contributed by atoms with Crippen LogP contribution in [0.25, 0.3) is 0 Å². The average molecular weight is 380 g/mol. The fourth-order valence-electron chi connectivity index (χ4n) is 2.67. The first kappa shape index (κ1) is 18.0. The highest BCUT2D eigenvalue weighted by Gasteiger charge is 2.50. The topological polar surface area (TPSA) is 160 Å². The third-order valence-electron chi connectivity index (χ3n) is 3.85. The van der Waals surface area contributed by atoms with Gasteiger partial charge in [-0.15, -0.1) is 0 Å². The van der Waals surface area contributed by atoms with E-state index < -0.39 is 43.6 Å². The van der Waals surface area contributed by atoms with Crippen molar-refractivity contribution in [2.45, 2.75) is 37.2 Å². The van der Waals surface area contributed by atoms with Crippen molar-refractivity contribution < 1.29 is 34.4 Å². The molecule has 1 saturated heterocycles. The molecule has 0 aliphatic carbocycles. The molecule has 3 aliphatic rings. The zero-order valence-electron chi connectivity index (χ0n) is 12.5. The number of aliphatic hydroxyl groups is 3. The molecule has 134 valence electrons. The molecule has 0 amide bonds. The largest absolute Gasteiger partial charge is 0.387 e. The van der Waals surface area contributed by atoms with Gasteiger partial charge < -0.3 is 39.3 Å². The summed E-state index contributed by atoms with van der Waals surface area (Å²) < 4.78 is 10.2. The summed E-state index contributed by atoms with van der Waals surface area (Å²) >= 11 is 4.34. The Labute approximate surface area is 141 Å². The van der Waals surface area contributed by atoms with E-state index in [-0.39, 0.29) is 18.2 Å². The van der Waals surface area contributed by atoms with E-state index in [0.29, 0.717) is 0 Å². The molecule has 3 heterocycles. The minimum absolute atomic E-state index is 0.0493. The molecular weight excluding hydrogens is 363 g/mol. The molecule has 0 spiro atoms. The van der Waals surface area contributed by atoms with Crippen LogP contribution < -0.4 is 0 Å². The molecule has 24 heavy (non-hydrogen) atoms. The third kappa shape index (κ3) is 3.29. The van der Waals surface area contributed by atoms with Crippen LogP contribution in [0.3, 0.4) is 0 Å². The van der Waals surface area contributed by atoms with Crippen molar-refractivity contribution in [3.8, 4) is 0 Å². The van der Waals surface area contributed by atoms with Gasteiger partial charge in [-0.3, -0.25) is 4.99 Å².